The van der Waals surface area contributed by atoms with Crippen LogP contribution in [0.15, 0.2) is 73.8 Å². The lowest BCUT2D eigenvalue weighted by Crippen LogP contribution is -1.97. The molecule has 0 bridgehead atoms. The van der Waals surface area contributed by atoms with Crippen LogP contribution in [0.4, 0.5) is 0 Å². The lowest BCUT2D eigenvalue weighted by atomic mass is 10.1. The summed E-state index contributed by atoms with van der Waals surface area (Å²) in [5.74, 6) is 0.490. The van der Waals surface area contributed by atoms with Crippen molar-refractivity contribution in [3.63, 3.8) is 0 Å². The van der Waals surface area contributed by atoms with Crippen molar-refractivity contribution in [1.29, 1.82) is 0 Å². The Morgan fingerprint density at radius 2 is 1.18 bits per heavy atom. The maximum atomic E-state index is 10.3. The summed E-state index contributed by atoms with van der Waals surface area (Å²) in [6.45, 7) is 1.14. The molecule has 0 aliphatic heterocycles. The predicted molar refractivity (Wildman–Crippen MR) is 108 cm³/mol. The van der Waals surface area contributed by atoms with Crippen LogP contribution in [0.1, 0.15) is 22.3 Å². The Bertz CT molecular complexity index is 996. The van der Waals surface area contributed by atoms with Crippen LogP contribution in [0, 0.1) is 0 Å². The largest absolute Gasteiger partial charge is 0.508 e. The SMILES string of the molecule is Oc1cc(/C=C/c2ccc(Cn3ccnc3)c(O)c2)ccc1Cn1ccnc1. The Morgan fingerprint density at radius 3 is 1.54 bits per heavy atom. The number of nitrogens with zero attached hydrogens (tertiary/aromatic N) is 4. The molecule has 0 fully saturated rings. The van der Waals surface area contributed by atoms with E-state index in [1.54, 1.807) is 37.2 Å². The van der Waals surface area contributed by atoms with Gasteiger partial charge in [0, 0.05) is 35.9 Å². The van der Waals surface area contributed by atoms with Gasteiger partial charge in [-0.15, -0.1) is 0 Å². The second-order valence-electron chi connectivity index (χ2n) is 6.58. The van der Waals surface area contributed by atoms with Crippen LogP contribution in [-0.4, -0.2) is 29.3 Å². The summed E-state index contributed by atoms with van der Waals surface area (Å²) in [6, 6.07) is 11.2. The zero-order valence-corrected chi connectivity index (χ0v) is 15.2. The van der Waals surface area contributed by atoms with Crippen LogP contribution >= 0.6 is 0 Å². The second kappa shape index (κ2) is 7.84. The molecule has 4 rings (SSSR count). The molecule has 0 saturated carbocycles. The molecular weight excluding hydrogens is 352 g/mol. The second-order valence-corrected chi connectivity index (χ2v) is 6.58. The normalized spacial score (nSPS) is 11.3. The summed E-state index contributed by atoms with van der Waals surface area (Å²) in [6.07, 6.45) is 14.4. The molecule has 6 heteroatoms. The summed E-state index contributed by atoms with van der Waals surface area (Å²) in [5, 5.41) is 20.6. The molecule has 0 aliphatic carbocycles. The van der Waals surface area contributed by atoms with Gasteiger partial charge in [-0.1, -0.05) is 36.4 Å². The summed E-state index contributed by atoms with van der Waals surface area (Å²) < 4.78 is 3.80. The van der Waals surface area contributed by atoms with Gasteiger partial charge in [-0.2, -0.15) is 0 Å². The molecule has 0 radical (unpaired) electrons. The van der Waals surface area contributed by atoms with Crippen LogP contribution in [0.3, 0.4) is 0 Å². The number of rotatable bonds is 6. The first-order chi connectivity index (χ1) is 13.7. The van der Waals surface area contributed by atoms with Gasteiger partial charge in [-0.3, -0.25) is 0 Å². The van der Waals surface area contributed by atoms with E-state index >= 15 is 0 Å². The predicted octanol–water partition coefficient (Wildman–Crippen LogP) is 3.76. The molecule has 2 heterocycles. The number of aromatic nitrogens is 4. The monoisotopic (exact) mass is 372 g/mol. The third kappa shape index (κ3) is 4.12. The Kier molecular flexibility index (Phi) is 4.93. The Labute approximate surface area is 162 Å². The molecule has 28 heavy (non-hydrogen) atoms. The van der Waals surface area contributed by atoms with E-state index in [-0.39, 0.29) is 11.5 Å². The molecule has 0 atom stereocenters. The fourth-order valence-corrected chi connectivity index (χ4v) is 2.98. The standard InChI is InChI=1S/C22H20N4O2/c27-21-11-17(3-5-19(21)13-25-9-7-23-15-25)1-2-18-4-6-20(22(28)12-18)14-26-10-8-24-16-26/h1-12,15-16,27-28H,13-14H2/b2-1+. The van der Waals surface area contributed by atoms with Crippen molar-refractivity contribution in [2.45, 2.75) is 13.1 Å². The minimum atomic E-state index is 0.245. The fraction of sp³-hybridized carbons (Fsp3) is 0.0909. The highest BCUT2D eigenvalue weighted by atomic mass is 16.3. The van der Waals surface area contributed by atoms with Gasteiger partial charge >= 0.3 is 0 Å². The van der Waals surface area contributed by atoms with Crippen molar-refractivity contribution < 1.29 is 10.2 Å². The van der Waals surface area contributed by atoms with Crippen molar-refractivity contribution >= 4 is 12.2 Å². The van der Waals surface area contributed by atoms with Gasteiger partial charge in [0.25, 0.3) is 0 Å². The molecule has 4 aromatic rings. The number of hydrogen-bond acceptors (Lipinski definition) is 4. The van der Waals surface area contributed by atoms with E-state index in [4.69, 9.17) is 0 Å². The fourth-order valence-electron chi connectivity index (χ4n) is 2.98. The first-order valence-corrected chi connectivity index (χ1v) is 8.91. The molecule has 2 aromatic heterocycles. The summed E-state index contributed by atoms with van der Waals surface area (Å²) in [5.41, 5.74) is 3.43. The van der Waals surface area contributed by atoms with Crippen molar-refractivity contribution in [2.24, 2.45) is 0 Å². The molecule has 2 N–H and O–H groups in total. The van der Waals surface area contributed by atoms with Gasteiger partial charge < -0.3 is 19.3 Å². The molecule has 140 valence electrons. The molecular formula is C22H20N4O2. The average Bonchev–Trinajstić information content (AvgIpc) is 3.38. The lowest BCUT2D eigenvalue weighted by molar-refractivity contribution is 0.465. The van der Waals surface area contributed by atoms with Gasteiger partial charge in [-0.05, 0) is 23.3 Å². The maximum absolute atomic E-state index is 10.3. The highest BCUT2D eigenvalue weighted by molar-refractivity contribution is 5.71. The molecule has 0 unspecified atom stereocenters. The zero-order chi connectivity index (χ0) is 19.3. The average molecular weight is 372 g/mol. The van der Waals surface area contributed by atoms with Gasteiger partial charge in [0.05, 0.1) is 25.7 Å². The highest BCUT2D eigenvalue weighted by Gasteiger charge is 2.04. The topological polar surface area (TPSA) is 76.1 Å². The van der Waals surface area contributed by atoms with E-state index in [0.29, 0.717) is 13.1 Å². The van der Waals surface area contributed by atoms with E-state index < -0.39 is 0 Å². The number of benzene rings is 2. The van der Waals surface area contributed by atoms with E-state index in [1.165, 1.54) is 0 Å². The number of phenols is 2. The molecule has 0 spiro atoms. The third-order valence-corrected chi connectivity index (χ3v) is 4.51. The first-order valence-electron chi connectivity index (χ1n) is 8.91. The minimum absolute atomic E-state index is 0.245. The number of phenolic OH excluding ortho intramolecular Hbond substituents is 2. The van der Waals surface area contributed by atoms with Gasteiger partial charge in [0.15, 0.2) is 0 Å². The van der Waals surface area contributed by atoms with Crippen molar-refractivity contribution in [3.8, 4) is 11.5 Å². The van der Waals surface area contributed by atoms with Crippen LogP contribution in [0.2, 0.25) is 0 Å². The lowest BCUT2D eigenvalue weighted by Gasteiger charge is -2.07. The van der Waals surface area contributed by atoms with E-state index in [9.17, 15) is 10.2 Å². The van der Waals surface area contributed by atoms with E-state index in [1.807, 2.05) is 57.9 Å². The van der Waals surface area contributed by atoms with Crippen LogP contribution in [0.5, 0.6) is 11.5 Å². The zero-order valence-electron chi connectivity index (χ0n) is 15.2. The summed E-state index contributed by atoms with van der Waals surface area (Å²) in [7, 11) is 0. The Hall–Kier alpha value is -3.80. The molecule has 0 aliphatic rings. The van der Waals surface area contributed by atoms with Gasteiger partial charge in [0.2, 0.25) is 0 Å². The van der Waals surface area contributed by atoms with E-state index in [0.717, 1.165) is 22.3 Å². The number of hydrogen-bond donors (Lipinski definition) is 2. The number of imidazole rings is 2. The van der Waals surface area contributed by atoms with Crippen LogP contribution in [0.25, 0.3) is 12.2 Å². The molecule has 0 saturated heterocycles. The van der Waals surface area contributed by atoms with E-state index in [2.05, 4.69) is 9.97 Å². The Balaban J connectivity index is 1.46. The highest BCUT2D eigenvalue weighted by Crippen LogP contribution is 2.23. The number of aromatic hydroxyl groups is 2. The van der Waals surface area contributed by atoms with Gasteiger partial charge in [-0.25, -0.2) is 9.97 Å². The first kappa shape index (κ1) is 17.6. The summed E-state index contributed by atoms with van der Waals surface area (Å²) >= 11 is 0. The van der Waals surface area contributed by atoms with Crippen molar-refractivity contribution in [2.75, 3.05) is 0 Å². The maximum Gasteiger partial charge on any atom is 0.121 e. The van der Waals surface area contributed by atoms with Gasteiger partial charge in [0.1, 0.15) is 11.5 Å². The molecule has 2 aromatic carbocycles. The Morgan fingerprint density at radius 1 is 0.714 bits per heavy atom. The molecule has 6 nitrogen and oxygen atoms in total. The smallest absolute Gasteiger partial charge is 0.121 e. The van der Waals surface area contributed by atoms with Crippen molar-refractivity contribution in [3.05, 3.63) is 96.1 Å². The molecule has 0 amide bonds. The third-order valence-electron chi connectivity index (χ3n) is 4.51. The minimum Gasteiger partial charge on any atom is -0.508 e. The quantitative estimate of drug-likeness (QED) is 0.505. The van der Waals surface area contributed by atoms with Crippen LogP contribution in [-0.2, 0) is 13.1 Å². The van der Waals surface area contributed by atoms with Crippen LogP contribution < -0.4 is 0 Å². The van der Waals surface area contributed by atoms with Crippen molar-refractivity contribution in [1.82, 2.24) is 19.1 Å². The summed E-state index contributed by atoms with van der Waals surface area (Å²) in [4.78, 5) is 8.02.